The Hall–Kier alpha value is -1.44. The summed E-state index contributed by atoms with van der Waals surface area (Å²) in [6.07, 6.45) is 4.36. The van der Waals surface area contributed by atoms with Crippen molar-refractivity contribution in [1.82, 2.24) is 9.55 Å². The molecule has 128 valence electrons. The normalized spacial score (nSPS) is 32.1. The molecule has 7 heteroatoms. The van der Waals surface area contributed by atoms with E-state index in [0.717, 1.165) is 25.7 Å². The number of aromatic nitrogens is 2. The number of nitrogens with zero attached hydrogens (tertiary/aromatic N) is 1. The summed E-state index contributed by atoms with van der Waals surface area (Å²) in [6.45, 7) is 5.88. The summed E-state index contributed by atoms with van der Waals surface area (Å²) in [5.41, 5.74) is -0.923. The molecular formula is C16H24N2O5. The van der Waals surface area contributed by atoms with Crippen LogP contribution in [0.3, 0.4) is 0 Å². The molecule has 7 nitrogen and oxygen atoms in total. The van der Waals surface area contributed by atoms with E-state index in [1.807, 2.05) is 13.8 Å². The summed E-state index contributed by atoms with van der Waals surface area (Å²) in [4.78, 5) is 25.6. The maximum absolute atomic E-state index is 12.1. The van der Waals surface area contributed by atoms with E-state index in [1.54, 1.807) is 0 Å². The lowest BCUT2D eigenvalue weighted by molar-refractivity contribution is -0.198. The second kappa shape index (κ2) is 6.22. The highest BCUT2D eigenvalue weighted by molar-refractivity contribution is 4.98. The van der Waals surface area contributed by atoms with Crippen molar-refractivity contribution >= 4 is 0 Å². The number of hydrogen-bond donors (Lipinski definition) is 1. The van der Waals surface area contributed by atoms with Gasteiger partial charge in [-0.3, -0.25) is 14.3 Å². The van der Waals surface area contributed by atoms with Crippen LogP contribution in [0.1, 0.15) is 52.7 Å². The Morgan fingerprint density at radius 1 is 1.22 bits per heavy atom. The van der Waals surface area contributed by atoms with Crippen molar-refractivity contribution < 1.29 is 14.2 Å². The average molecular weight is 324 g/mol. The fourth-order valence-corrected chi connectivity index (χ4v) is 3.34. The van der Waals surface area contributed by atoms with Crippen LogP contribution in [0.5, 0.6) is 0 Å². The molecule has 1 N–H and O–H groups in total. The minimum absolute atomic E-state index is 0.114. The minimum atomic E-state index is -0.702. The number of aromatic amines is 1. The van der Waals surface area contributed by atoms with E-state index in [9.17, 15) is 9.59 Å². The Balaban J connectivity index is 1.85. The summed E-state index contributed by atoms with van der Waals surface area (Å²) in [5, 5.41) is 0. The molecule has 0 aliphatic carbocycles. The van der Waals surface area contributed by atoms with Crippen LogP contribution in [-0.2, 0) is 14.2 Å². The van der Waals surface area contributed by atoms with Crippen LogP contribution in [-0.4, -0.2) is 33.7 Å². The number of nitrogens with one attached hydrogen (secondary N) is 1. The maximum atomic E-state index is 12.1. The molecular weight excluding hydrogens is 300 g/mol. The van der Waals surface area contributed by atoms with E-state index in [0.29, 0.717) is 0 Å². The van der Waals surface area contributed by atoms with Crippen molar-refractivity contribution in [2.75, 3.05) is 0 Å². The third-order valence-electron chi connectivity index (χ3n) is 4.34. The molecule has 23 heavy (non-hydrogen) atoms. The quantitative estimate of drug-likeness (QED) is 0.831. The van der Waals surface area contributed by atoms with Crippen molar-refractivity contribution in [3.8, 4) is 0 Å². The fraction of sp³-hybridized carbons (Fsp3) is 0.750. The Morgan fingerprint density at radius 3 is 2.65 bits per heavy atom. The van der Waals surface area contributed by atoms with Crippen molar-refractivity contribution in [3.05, 3.63) is 33.1 Å². The smallest absolute Gasteiger partial charge is 0.330 e. The van der Waals surface area contributed by atoms with E-state index in [2.05, 4.69) is 11.9 Å². The van der Waals surface area contributed by atoms with Gasteiger partial charge in [0.05, 0.1) is 6.10 Å². The first-order chi connectivity index (χ1) is 10.9. The summed E-state index contributed by atoms with van der Waals surface area (Å²) >= 11 is 0. The Morgan fingerprint density at radius 2 is 1.96 bits per heavy atom. The molecule has 0 radical (unpaired) electrons. The van der Waals surface area contributed by atoms with Gasteiger partial charge in [-0.15, -0.1) is 0 Å². The summed E-state index contributed by atoms with van der Waals surface area (Å²) in [7, 11) is 0. The lowest BCUT2D eigenvalue weighted by atomic mass is 10.0. The molecule has 0 bridgehead atoms. The summed E-state index contributed by atoms with van der Waals surface area (Å²) in [5.74, 6) is -0.702. The molecule has 2 saturated heterocycles. The fourth-order valence-electron chi connectivity index (χ4n) is 3.34. The zero-order valence-corrected chi connectivity index (χ0v) is 13.8. The van der Waals surface area contributed by atoms with Gasteiger partial charge < -0.3 is 14.2 Å². The van der Waals surface area contributed by atoms with Crippen LogP contribution in [0.2, 0.25) is 0 Å². The van der Waals surface area contributed by atoms with E-state index in [-0.39, 0.29) is 18.3 Å². The third-order valence-corrected chi connectivity index (χ3v) is 4.34. The third kappa shape index (κ3) is 3.27. The molecule has 2 aliphatic rings. The number of hydrogen-bond acceptors (Lipinski definition) is 5. The minimum Gasteiger partial charge on any atom is -0.349 e. The molecule has 0 unspecified atom stereocenters. The Bertz CT molecular complexity index is 665. The number of ether oxygens (including phenoxy) is 3. The van der Waals surface area contributed by atoms with Gasteiger partial charge in [0.25, 0.3) is 5.56 Å². The number of fused-ring (bicyclic) bond motifs is 1. The SMILES string of the molecule is CCCCC[C@H]1O[C@@H](n2ccc(=O)[nH]c2=O)[C@@H]2OC(C)(C)O[C@@H]21. The predicted octanol–water partition coefficient (Wildman–Crippen LogP) is 1.53. The van der Waals surface area contributed by atoms with Gasteiger partial charge in [0.1, 0.15) is 12.2 Å². The topological polar surface area (TPSA) is 82.6 Å². The van der Waals surface area contributed by atoms with Crippen LogP contribution in [0, 0.1) is 0 Å². The van der Waals surface area contributed by atoms with Crippen molar-refractivity contribution in [2.24, 2.45) is 0 Å². The Kier molecular flexibility index (Phi) is 4.44. The van der Waals surface area contributed by atoms with Crippen molar-refractivity contribution in [1.29, 1.82) is 0 Å². The molecule has 2 fully saturated rings. The molecule has 2 aliphatic heterocycles. The Labute approximate surface area is 134 Å². The monoisotopic (exact) mass is 324 g/mol. The van der Waals surface area contributed by atoms with Gasteiger partial charge in [-0.1, -0.05) is 26.2 Å². The average Bonchev–Trinajstić information content (AvgIpc) is 2.94. The highest BCUT2D eigenvalue weighted by Gasteiger charge is 2.55. The van der Waals surface area contributed by atoms with Gasteiger partial charge in [-0.05, 0) is 20.3 Å². The van der Waals surface area contributed by atoms with Gasteiger partial charge in [0.2, 0.25) is 0 Å². The summed E-state index contributed by atoms with van der Waals surface area (Å²) in [6, 6.07) is 1.31. The molecule has 3 heterocycles. The molecule has 3 rings (SSSR count). The van der Waals surface area contributed by atoms with Gasteiger partial charge in [0.15, 0.2) is 12.0 Å². The summed E-state index contributed by atoms with van der Waals surface area (Å²) < 4.78 is 19.4. The van der Waals surface area contributed by atoms with E-state index < -0.39 is 23.3 Å². The highest BCUT2D eigenvalue weighted by Crippen LogP contribution is 2.43. The van der Waals surface area contributed by atoms with Gasteiger partial charge in [-0.2, -0.15) is 0 Å². The second-order valence-electron chi connectivity index (χ2n) is 6.64. The highest BCUT2D eigenvalue weighted by atomic mass is 16.8. The lowest BCUT2D eigenvalue weighted by Crippen LogP contribution is -2.37. The van der Waals surface area contributed by atoms with Crippen LogP contribution >= 0.6 is 0 Å². The standard InChI is InChI=1S/C16H24N2O5/c1-4-5-6-7-10-12-13(23-16(2,3)22-12)14(21-10)18-9-8-11(19)17-15(18)20/h8-10,12-14H,4-7H2,1-3H3,(H,17,19,20)/t10-,12-,13-,14-/m1/s1. The molecule has 1 aromatic rings. The molecule has 0 aromatic carbocycles. The lowest BCUT2D eigenvalue weighted by Gasteiger charge is -2.24. The molecule has 4 atom stereocenters. The molecule has 0 amide bonds. The van der Waals surface area contributed by atoms with Crippen molar-refractivity contribution in [2.45, 2.75) is 76.8 Å². The molecule has 0 saturated carbocycles. The van der Waals surface area contributed by atoms with E-state index in [1.165, 1.54) is 16.8 Å². The molecule has 1 aromatic heterocycles. The van der Waals surface area contributed by atoms with Crippen molar-refractivity contribution in [3.63, 3.8) is 0 Å². The number of rotatable bonds is 5. The van der Waals surface area contributed by atoms with Crippen LogP contribution < -0.4 is 11.2 Å². The van der Waals surface area contributed by atoms with Gasteiger partial charge in [0, 0.05) is 12.3 Å². The largest absolute Gasteiger partial charge is 0.349 e. The first kappa shape index (κ1) is 16.4. The number of H-pyrrole nitrogens is 1. The zero-order chi connectivity index (χ0) is 16.6. The second-order valence-corrected chi connectivity index (χ2v) is 6.64. The van der Waals surface area contributed by atoms with Gasteiger partial charge >= 0.3 is 5.69 Å². The van der Waals surface area contributed by atoms with Crippen LogP contribution in [0.15, 0.2) is 21.9 Å². The van der Waals surface area contributed by atoms with E-state index in [4.69, 9.17) is 14.2 Å². The first-order valence-electron chi connectivity index (χ1n) is 8.24. The van der Waals surface area contributed by atoms with Crippen LogP contribution in [0.4, 0.5) is 0 Å². The first-order valence-corrected chi connectivity index (χ1v) is 8.24. The van der Waals surface area contributed by atoms with Gasteiger partial charge in [-0.25, -0.2) is 4.79 Å². The van der Waals surface area contributed by atoms with Crippen LogP contribution in [0.25, 0.3) is 0 Å². The molecule has 0 spiro atoms. The predicted molar refractivity (Wildman–Crippen MR) is 83.2 cm³/mol. The van der Waals surface area contributed by atoms with E-state index >= 15 is 0 Å². The maximum Gasteiger partial charge on any atom is 0.330 e. The number of unbranched alkanes of at least 4 members (excludes halogenated alkanes) is 2. The zero-order valence-electron chi connectivity index (χ0n) is 13.8.